The Morgan fingerprint density at radius 2 is 1.91 bits per heavy atom. The Labute approximate surface area is 142 Å². The van der Waals surface area contributed by atoms with E-state index in [0.29, 0.717) is 4.90 Å². The van der Waals surface area contributed by atoms with Gasteiger partial charge < -0.3 is 4.18 Å². The molecule has 23 heavy (non-hydrogen) atoms. The predicted molar refractivity (Wildman–Crippen MR) is 93.0 cm³/mol. The molecule has 0 aliphatic carbocycles. The van der Waals surface area contributed by atoms with Crippen molar-refractivity contribution in [1.29, 1.82) is 0 Å². The number of nitrogens with zero attached hydrogens (tertiary/aromatic N) is 1. The molecule has 0 aliphatic heterocycles. The molecule has 0 aliphatic rings. The molecule has 2 rings (SSSR count). The molecular weight excluding hydrogens is 333 g/mol. The molecule has 3 nitrogen and oxygen atoms in total. The number of halogens is 1. The highest BCUT2D eigenvalue weighted by Gasteiger charge is 2.07. The van der Waals surface area contributed by atoms with Gasteiger partial charge in [-0.1, -0.05) is 48.2 Å². The minimum atomic E-state index is -0.496. The van der Waals surface area contributed by atoms with Gasteiger partial charge in [0.05, 0.1) is 21.8 Å². The van der Waals surface area contributed by atoms with E-state index in [4.69, 9.17) is 4.18 Å². The number of amides is 1. The molecule has 0 N–H and O–H groups in total. The number of benzene rings is 2. The van der Waals surface area contributed by atoms with Crippen LogP contribution in [0.15, 0.2) is 74.8 Å². The quantitative estimate of drug-likeness (QED) is 0.242. The van der Waals surface area contributed by atoms with Crippen molar-refractivity contribution in [3.05, 3.63) is 71.4 Å². The summed E-state index contributed by atoms with van der Waals surface area (Å²) in [6.07, 6.45) is 0.986. The van der Waals surface area contributed by atoms with Gasteiger partial charge in [0, 0.05) is 4.90 Å². The fourth-order valence-corrected chi connectivity index (χ4v) is 2.69. The van der Waals surface area contributed by atoms with Crippen molar-refractivity contribution in [2.75, 3.05) is 0 Å². The normalized spacial score (nSPS) is 10.7. The molecule has 2 aromatic rings. The van der Waals surface area contributed by atoms with Gasteiger partial charge in [0.25, 0.3) is 5.91 Å². The fourth-order valence-electron chi connectivity index (χ4n) is 1.52. The van der Waals surface area contributed by atoms with E-state index in [1.165, 1.54) is 17.8 Å². The van der Waals surface area contributed by atoms with E-state index in [0.717, 1.165) is 28.9 Å². The molecule has 0 atom stereocenters. The van der Waals surface area contributed by atoms with Crippen molar-refractivity contribution < 1.29 is 13.4 Å². The van der Waals surface area contributed by atoms with Crippen LogP contribution >= 0.6 is 23.8 Å². The Morgan fingerprint density at radius 1 is 1.22 bits per heavy atom. The highest BCUT2D eigenvalue weighted by Crippen LogP contribution is 2.26. The van der Waals surface area contributed by atoms with E-state index in [1.807, 2.05) is 31.2 Å². The van der Waals surface area contributed by atoms with Gasteiger partial charge >= 0.3 is 0 Å². The average molecular weight is 347 g/mol. The Bertz CT molecular complexity index is 730. The zero-order chi connectivity index (χ0) is 16.7. The van der Waals surface area contributed by atoms with Crippen LogP contribution in [0.3, 0.4) is 0 Å². The van der Waals surface area contributed by atoms with E-state index in [1.54, 1.807) is 18.2 Å². The van der Waals surface area contributed by atoms with Crippen LogP contribution in [-0.2, 0) is 8.98 Å². The third kappa shape index (κ3) is 5.58. The first-order chi connectivity index (χ1) is 11.1. The third-order valence-corrected chi connectivity index (χ3v) is 4.31. The average Bonchev–Trinajstić information content (AvgIpc) is 2.55. The zero-order valence-corrected chi connectivity index (χ0v) is 14.0. The molecule has 118 valence electrons. The van der Waals surface area contributed by atoms with Crippen molar-refractivity contribution >= 4 is 36.1 Å². The van der Waals surface area contributed by atoms with E-state index >= 15 is 0 Å². The Kier molecular flexibility index (Phi) is 6.43. The van der Waals surface area contributed by atoms with Gasteiger partial charge in [-0.25, -0.2) is 4.39 Å². The molecule has 0 saturated heterocycles. The van der Waals surface area contributed by atoms with E-state index in [-0.39, 0.29) is 4.91 Å². The second-order valence-electron chi connectivity index (χ2n) is 4.49. The predicted octanol–water partition coefficient (Wildman–Crippen LogP) is 5.02. The van der Waals surface area contributed by atoms with Gasteiger partial charge in [-0.15, -0.1) is 0 Å². The number of rotatable bonds is 6. The number of hydrogen-bond donors (Lipinski definition) is 0. The summed E-state index contributed by atoms with van der Waals surface area (Å²) < 4.78 is 18.3. The molecule has 0 spiro atoms. The van der Waals surface area contributed by atoms with Crippen molar-refractivity contribution in [2.45, 2.75) is 16.7 Å². The van der Waals surface area contributed by atoms with E-state index in [9.17, 15) is 9.18 Å². The van der Waals surface area contributed by atoms with Crippen LogP contribution in [0, 0.1) is 12.7 Å². The highest BCUT2D eigenvalue weighted by molar-refractivity contribution is 8.04. The minimum absolute atomic E-state index is 0.282. The molecule has 0 aromatic heterocycles. The summed E-state index contributed by atoms with van der Waals surface area (Å²) >= 11 is 2.03. The van der Waals surface area contributed by atoms with Crippen molar-refractivity contribution in [3.63, 3.8) is 0 Å². The first kappa shape index (κ1) is 17.3. The maximum absolute atomic E-state index is 13.3. The van der Waals surface area contributed by atoms with Crippen LogP contribution in [0.25, 0.3) is 0 Å². The summed E-state index contributed by atoms with van der Waals surface area (Å²) in [6.45, 7) is 5.69. The summed E-state index contributed by atoms with van der Waals surface area (Å²) in [4.78, 5) is 17.0. The summed E-state index contributed by atoms with van der Waals surface area (Å²) in [5.41, 5.74) is 1.14. The monoisotopic (exact) mass is 347 g/mol. The Morgan fingerprint density at radius 3 is 2.61 bits per heavy atom. The van der Waals surface area contributed by atoms with Crippen LogP contribution in [-0.4, -0.2) is 12.3 Å². The molecule has 0 heterocycles. The summed E-state index contributed by atoms with van der Waals surface area (Å²) in [7, 11) is 0. The number of aliphatic imine (C=N–C) groups is 1. The van der Waals surface area contributed by atoms with Gasteiger partial charge in [0.2, 0.25) is 0 Å². The van der Waals surface area contributed by atoms with Crippen LogP contribution in [0.5, 0.6) is 0 Å². The highest BCUT2D eigenvalue weighted by atomic mass is 32.2. The van der Waals surface area contributed by atoms with Gasteiger partial charge in [-0.2, -0.15) is 4.99 Å². The van der Waals surface area contributed by atoms with Crippen LogP contribution in [0.1, 0.15) is 5.56 Å². The lowest BCUT2D eigenvalue weighted by molar-refractivity contribution is -0.113. The van der Waals surface area contributed by atoms with Crippen LogP contribution in [0.2, 0.25) is 0 Å². The largest absolute Gasteiger partial charge is 0.408 e. The fraction of sp³-hybridized carbons (Fsp3) is 0.0588. The molecule has 6 heteroatoms. The lowest BCUT2D eigenvalue weighted by Gasteiger charge is -2.02. The second kappa shape index (κ2) is 8.55. The number of carbonyl (C=O) groups excluding carboxylic acids is 1. The first-order valence-electron chi connectivity index (χ1n) is 6.64. The Hall–Kier alpha value is -2.05. The number of thioether (sulfide) groups is 1. The van der Waals surface area contributed by atoms with E-state index < -0.39 is 11.7 Å². The maximum Gasteiger partial charge on any atom is 0.285 e. The Balaban J connectivity index is 1.82. The topological polar surface area (TPSA) is 38.7 Å². The molecule has 0 fully saturated rings. The zero-order valence-electron chi connectivity index (χ0n) is 12.4. The van der Waals surface area contributed by atoms with Gasteiger partial charge in [0.1, 0.15) is 5.82 Å². The molecule has 0 unspecified atom stereocenters. The van der Waals surface area contributed by atoms with Crippen molar-refractivity contribution in [3.8, 4) is 0 Å². The first-order valence-corrected chi connectivity index (χ1v) is 8.20. The minimum Gasteiger partial charge on any atom is -0.408 e. The molecule has 0 saturated carbocycles. The maximum atomic E-state index is 13.3. The lowest BCUT2D eigenvalue weighted by Crippen LogP contribution is -1.95. The summed E-state index contributed by atoms with van der Waals surface area (Å²) in [5, 5.41) is 0. The molecule has 0 radical (unpaired) electrons. The summed E-state index contributed by atoms with van der Waals surface area (Å²) in [5.74, 6) is -0.888. The second-order valence-corrected chi connectivity index (χ2v) is 6.46. The molecule has 1 amide bonds. The van der Waals surface area contributed by atoms with E-state index in [2.05, 4.69) is 11.6 Å². The number of aryl methyl sites for hydroxylation is 1. The number of carbonyl (C=O) groups is 1. The smallest absolute Gasteiger partial charge is 0.285 e. The molecule has 2 aromatic carbocycles. The molecule has 0 bridgehead atoms. The third-order valence-electron chi connectivity index (χ3n) is 2.69. The van der Waals surface area contributed by atoms with Crippen LogP contribution in [0.4, 0.5) is 4.39 Å². The summed E-state index contributed by atoms with van der Waals surface area (Å²) in [6, 6.07) is 13.9. The van der Waals surface area contributed by atoms with Gasteiger partial charge in [0.15, 0.2) is 6.40 Å². The van der Waals surface area contributed by atoms with Gasteiger partial charge in [-0.3, -0.25) is 4.79 Å². The van der Waals surface area contributed by atoms with Crippen LogP contribution < -0.4 is 0 Å². The standard InChI is InChI=1S/C17H14FNO2S2/c1-12-7-9-14(10-8-12)22-13(2)17(20)19-11-21-23-16-6-4-3-5-15(16)18/h3-11H,2H2,1H3. The SMILES string of the molecule is C=C(Sc1ccc(C)cc1)C(=O)N=COSc1ccccc1F. The van der Waals surface area contributed by atoms with Crippen molar-refractivity contribution in [2.24, 2.45) is 4.99 Å². The van der Waals surface area contributed by atoms with Crippen molar-refractivity contribution in [1.82, 2.24) is 0 Å². The molecular formula is C17H14FNO2S2. The lowest BCUT2D eigenvalue weighted by atomic mass is 10.2. The van der Waals surface area contributed by atoms with Gasteiger partial charge in [-0.05, 0) is 31.2 Å². The number of hydrogen-bond acceptors (Lipinski definition) is 4.